The molecule has 1 fully saturated rings. The predicted octanol–water partition coefficient (Wildman–Crippen LogP) is 6.01. The largest absolute Gasteiger partial charge is 0.354 e. The number of aromatic nitrogens is 1. The third-order valence-electron chi connectivity index (χ3n) is 6.54. The molecule has 2 aromatic heterocycles. The third-order valence-corrected chi connectivity index (χ3v) is 7.75. The molecule has 1 aliphatic rings. The lowest BCUT2D eigenvalue weighted by atomic mass is 9.97. The monoisotopic (exact) mass is 500 g/mol. The summed E-state index contributed by atoms with van der Waals surface area (Å²) >= 11 is 1.60. The minimum atomic E-state index is -0.259. The summed E-state index contributed by atoms with van der Waals surface area (Å²) in [5, 5.41) is 3.98. The lowest BCUT2D eigenvalue weighted by Crippen LogP contribution is -2.48. The molecule has 5 rings (SSSR count). The fraction of sp³-hybridized carbons (Fsp3) is 0.241. The predicted molar refractivity (Wildman–Crippen MR) is 144 cm³/mol. The summed E-state index contributed by atoms with van der Waals surface area (Å²) in [5.74, 6) is 0.573. The van der Waals surface area contributed by atoms with Crippen LogP contribution in [0.15, 0.2) is 85.1 Å². The van der Waals surface area contributed by atoms with Crippen molar-refractivity contribution in [2.45, 2.75) is 19.4 Å². The van der Waals surface area contributed by atoms with Crippen LogP contribution >= 0.6 is 11.3 Å². The zero-order valence-corrected chi connectivity index (χ0v) is 21.0. The van der Waals surface area contributed by atoms with Crippen molar-refractivity contribution in [3.05, 3.63) is 112 Å². The number of anilines is 2. The molecule has 36 heavy (non-hydrogen) atoms. The SMILES string of the molecule is CCc1cc(C(c2cccc(F)c2)N2CCN(c3ccccn3)CC2)c(NC(=O)c2ccccc2)s1. The number of halogens is 1. The van der Waals surface area contributed by atoms with E-state index in [1.807, 2.05) is 60.8 Å². The van der Waals surface area contributed by atoms with Crippen LogP contribution < -0.4 is 10.2 Å². The number of carbonyl (C=O) groups excluding carboxylic acids is 1. The Morgan fingerprint density at radius 2 is 1.78 bits per heavy atom. The highest BCUT2D eigenvalue weighted by Gasteiger charge is 2.30. The van der Waals surface area contributed by atoms with E-state index in [4.69, 9.17) is 0 Å². The first-order chi connectivity index (χ1) is 17.6. The maximum absolute atomic E-state index is 14.4. The van der Waals surface area contributed by atoms with Crippen molar-refractivity contribution in [3.63, 3.8) is 0 Å². The summed E-state index contributed by atoms with van der Waals surface area (Å²) < 4.78 is 14.4. The Labute approximate surface area is 215 Å². The molecule has 1 N–H and O–H groups in total. The lowest BCUT2D eigenvalue weighted by Gasteiger charge is -2.40. The first kappa shape index (κ1) is 24.2. The van der Waals surface area contributed by atoms with Crippen molar-refractivity contribution in [3.8, 4) is 0 Å². The van der Waals surface area contributed by atoms with Crippen LogP contribution in [0.1, 0.15) is 39.3 Å². The average molecular weight is 501 g/mol. The number of thiophene rings is 1. The van der Waals surface area contributed by atoms with E-state index in [9.17, 15) is 9.18 Å². The first-order valence-corrected chi connectivity index (χ1v) is 13.1. The van der Waals surface area contributed by atoms with Gasteiger partial charge in [0.05, 0.1) is 6.04 Å². The maximum atomic E-state index is 14.4. The number of piperazine rings is 1. The second-order valence-electron chi connectivity index (χ2n) is 8.84. The number of pyridine rings is 1. The van der Waals surface area contributed by atoms with Crippen molar-refractivity contribution in [2.75, 3.05) is 36.4 Å². The minimum Gasteiger partial charge on any atom is -0.354 e. The van der Waals surface area contributed by atoms with E-state index >= 15 is 0 Å². The molecule has 1 amide bonds. The van der Waals surface area contributed by atoms with Crippen LogP contribution in [0.3, 0.4) is 0 Å². The van der Waals surface area contributed by atoms with Gasteiger partial charge in [0.2, 0.25) is 0 Å². The molecule has 5 nitrogen and oxygen atoms in total. The Kier molecular flexibility index (Phi) is 7.39. The van der Waals surface area contributed by atoms with E-state index in [2.05, 4.69) is 33.1 Å². The van der Waals surface area contributed by atoms with E-state index < -0.39 is 0 Å². The van der Waals surface area contributed by atoms with Crippen LogP contribution in [0, 0.1) is 5.82 Å². The Balaban J connectivity index is 1.47. The van der Waals surface area contributed by atoms with Gasteiger partial charge < -0.3 is 10.2 Å². The van der Waals surface area contributed by atoms with Gasteiger partial charge in [0.25, 0.3) is 5.91 Å². The fourth-order valence-corrected chi connectivity index (χ4v) is 5.74. The van der Waals surface area contributed by atoms with E-state index in [-0.39, 0.29) is 17.8 Å². The maximum Gasteiger partial charge on any atom is 0.256 e. The number of benzene rings is 2. The highest BCUT2D eigenvalue weighted by Crippen LogP contribution is 2.40. The topological polar surface area (TPSA) is 48.5 Å². The summed E-state index contributed by atoms with van der Waals surface area (Å²) in [6, 6.07) is 24.0. The molecular formula is C29H29FN4OS. The Morgan fingerprint density at radius 3 is 2.47 bits per heavy atom. The van der Waals surface area contributed by atoms with Gasteiger partial charge >= 0.3 is 0 Å². The summed E-state index contributed by atoms with van der Waals surface area (Å²) in [6.45, 7) is 5.34. The lowest BCUT2D eigenvalue weighted by molar-refractivity contribution is 0.102. The zero-order valence-electron chi connectivity index (χ0n) is 20.2. The van der Waals surface area contributed by atoms with Gasteiger partial charge in [-0.15, -0.1) is 11.3 Å². The molecule has 0 aliphatic carbocycles. The van der Waals surface area contributed by atoms with Crippen LogP contribution in [0.4, 0.5) is 15.2 Å². The van der Waals surface area contributed by atoms with Gasteiger partial charge in [-0.3, -0.25) is 9.69 Å². The van der Waals surface area contributed by atoms with Gasteiger partial charge in [0, 0.05) is 48.4 Å². The normalized spacial score (nSPS) is 15.0. The van der Waals surface area contributed by atoms with Crippen LogP contribution in [-0.2, 0) is 6.42 Å². The smallest absolute Gasteiger partial charge is 0.256 e. The van der Waals surface area contributed by atoms with Gasteiger partial charge in [0.15, 0.2) is 0 Å². The molecule has 0 spiro atoms. The molecule has 184 valence electrons. The van der Waals surface area contributed by atoms with Gasteiger partial charge in [0.1, 0.15) is 16.6 Å². The molecule has 3 heterocycles. The molecule has 2 aromatic carbocycles. The minimum absolute atomic E-state index is 0.140. The van der Waals surface area contributed by atoms with Gasteiger partial charge in [-0.2, -0.15) is 0 Å². The summed E-state index contributed by atoms with van der Waals surface area (Å²) in [4.78, 5) is 23.4. The summed E-state index contributed by atoms with van der Waals surface area (Å²) in [6.07, 6.45) is 2.68. The molecule has 0 saturated carbocycles. The van der Waals surface area contributed by atoms with E-state index in [1.54, 1.807) is 23.5 Å². The second kappa shape index (κ2) is 11.0. The number of amides is 1. The highest BCUT2D eigenvalue weighted by atomic mass is 32.1. The molecule has 1 saturated heterocycles. The highest BCUT2D eigenvalue weighted by molar-refractivity contribution is 7.16. The Hall–Kier alpha value is -3.55. The van der Waals surface area contributed by atoms with Crippen molar-refractivity contribution in [1.82, 2.24) is 9.88 Å². The molecule has 0 radical (unpaired) electrons. The fourth-order valence-electron chi connectivity index (χ4n) is 4.71. The molecule has 1 aliphatic heterocycles. The Bertz CT molecular complexity index is 1300. The second-order valence-corrected chi connectivity index (χ2v) is 9.98. The summed E-state index contributed by atoms with van der Waals surface area (Å²) in [7, 11) is 0. The molecule has 7 heteroatoms. The Morgan fingerprint density at radius 1 is 1.00 bits per heavy atom. The third kappa shape index (κ3) is 5.32. The van der Waals surface area contributed by atoms with Crippen LogP contribution in [0.25, 0.3) is 0 Å². The van der Waals surface area contributed by atoms with Crippen molar-refractivity contribution in [2.24, 2.45) is 0 Å². The van der Waals surface area contributed by atoms with E-state index in [0.717, 1.165) is 54.5 Å². The van der Waals surface area contributed by atoms with E-state index in [0.29, 0.717) is 5.56 Å². The van der Waals surface area contributed by atoms with Gasteiger partial charge in [-0.1, -0.05) is 43.3 Å². The number of hydrogen-bond acceptors (Lipinski definition) is 5. The quantitative estimate of drug-likeness (QED) is 0.338. The number of nitrogens with zero attached hydrogens (tertiary/aromatic N) is 3. The van der Waals surface area contributed by atoms with Gasteiger partial charge in [-0.25, -0.2) is 9.37 Å². The number of nitrogens with one attached hydrogen (secondary N) is 1. The standard InChI is InChI=1S/C29H29FN4OS/c1-2-24-20-25(29(36-24)32-28(35)21-9-4-3-5-10-21)27(22-11-8-12-23(30)19-22)34-17-15-33(16-18-34)26-13-6-7-14-31-26/h3-14,19-20,27H,2,15-18H2,1H3,(H,32,35). The molecule has 1 atom stereocenters. The van der Waals surface area contributed by atoms with Gasteiger partial charge in [-0.05, 0) is 54.4 Å². The van der Waals surface area contributed by atoms with Crippen molar-refractivity contribution < 1.29 is 9.18 Å². The number of rotatable bonds is 7. The molecule has 1 unspecified atom stereocenters. The molecule has 4 aromatic rings. The number of aryl methyl sites for hydroxylation is 1. The van der Waals surface area contributed by atoms with E-state index in [1.165, 1.54) is 10.9 Å². The number of hydrogen-bond donors (Lipinski definition) is 1. The molecular weight excluding hydrogens is 471 g/mol. The van der Waals surface area contributed by atoms with Crippen LogP contribution in [-0.4, -0.2) is 42.0 Å². The first-order valence-electron chi connectivity index (χ1n) is 12.3. The van der Waals surface area contributed by atoms with Crippen LogP contribution in [0.2, 0.25) is 0 Å². The van der Waals surface area contributed by atoms with Crippen molar-refractivity contribution in [1.29, 1.82) is 0 Å². The molecule has 0 bridgehead atoms. The van der Waals surface area contributed by atoms with Crippen LogP contribution in [0.5, 0.6) is 0 Å². The number of carbonyl (C=O) groups is 1. The van der Waals surface area contributed by atoms with Crippen molar-refractivity contribution >= 4 is 28.1 Å². The summed E-state index contributed by atoms with van der Waals surface area (Å²) in [5.41, 5.74) is 2.51. The zero-order chi connectivity index (χ0) is 24.9. The average Bonchev–Trinajstić information content (AvgIpc) is 3.32.